The van der Waals surface area contributed by atoms with Gasteiger partial charge in [-0.05, 0) is 89.8 Å². The minimum absolute atomic E-state index is 0.192. The lowest BCUT2D eigenvalue weighted by molar-refractivity contribution is 0.0934. The number of anilines is 1. The first-order valence-electron chi connectivity index (χ1n) is 10.1. The van der Waals surface area contributed by atoms with Crippen LogP contribution in [0.2, 0.25) is 0 Å². The van der Waals surface area contributed by atoms with Gasteiger partial charge in [-0.2, -0.15) is 0 Å². The van der Waals surface area contributed by atoms with E-state index in [1.54, 1.807) is 12.1 Å². The van der Waals surface area contributed by atoms with Crippen molar-refractivity contribution in [3.05, 3.63) is 57.7 Å². The fourth-order valence-electron chi connectivity index (χ4n) is 2.67. The number of carbonyl (C=O) groups excluding carboxylic acids is 1. The largest absolute Gasteiger partial charge is 0.494 e. The third-order valence-corrected chi connectivity index (χ3v) is 5.96. The monoisotopic (exact) mass is 627 g/mol. The maximum absolute atomic E-state index is 12.5. The number of ether oxygens (including phenoxy) is 1. The first-order valence-corrected chi connectivity index (χ1v) is 12.7. The van der Waals surface area contributed by atoms with Gasteiger partial charge in [-0.1, -0.05) is 61.0 Å². The molecule has 5 nitrogen and oxygen atoms in total. The number of halogens is 4. The molecule has 1 atom stereocenters. The molecule has 10 heteroatoms. The van der Waals surface area contributed by atoms with Crippen LogP contribution in [-0.2, 0) is 0 Å². The molecular formula is C22H25Cl3IN3O2S. The highest BCUT2D eigenvalue weighted by atomic mass is 127. The van der Waals surface area contributed by atoms with Gasteiger partial charge in [-0.3, -0.25) is 4.79 Å². The van der Waals surface area contributed by atoms with Gasteiger partial charge in [0.15, 0.2) is 5.11 Å². The van der Waals surface area contributed by atoms with Gasteiger partial charge in [0, 0.05) is 14.8 Å². The number of benzene rings is 2. The van der Waals surface area contributed by atoms with Crippen LogP contribution in [0, 0.1) is 3.57 Å². The van der Waals surface area contributed by atoms with Crippen LogP contribution in [0.1, 0.15) is 43.0 Å². The molecule has 0 radical (unpaired) electrons. The minimum atomic E-state index is -1.83. The fourth-order valence-corrected chi connectivity index (χ4v) is 3.59. The van der Waals surface area contributed by atoms with Crippen LogP contribution in [0.5, 0.6) is 5.75 Å². The van der Waals surface area contributed by atoms with Gasteiger partial charge in [0.25, 0.3) is 5.91 Å². The zero-order valence-corrected chi connectivity index (χ0v) is 22.7. The van der Waals surface area contributed by atoms with Gasteiger partial charge in [0.05, 0.1) is 6.61 Å². The summed E-state index contributed by atoms with van der Waals surface area (Å²) in [6.07, 6.45) is 3.57. The smallest absolute Gasteiger partial charge is 0.252 e. The molecule has 2 aromatic rings. The zero-order valence-electron chi connectivity index (χ0n) is 17.5. The number of unbranched alkanes of at least 4 members (excludes halogenated alkanes) is 3. The van der Waals surface area contributed by atoms with Crippen molar-refractivity contribution in [3.63, 3.8) is 0 Å². The number of hydrogen-bond donors (Lipinski definition) is 3. The third-order valence-electron chi connectivity index (χ3n) is 4.36. The lowest BCUT2D eigenvalue weighted by Crippen LogP contribution is -2.56. The summed E-state index contributed by atoms with van der Waals surface area (Å²) in [4.78, 5) is 12.5. The molecule has 0 aliphatic carbocycles. The van der Waals surface area contributed by atoms with Crippen molar-refractivity contribution in [2.45, 2.75) is 42.6 Å². The Morgan fingerprint density at radius 2 is 1.69 bits per heavy atom. The maximum atomic E-state index is 12.5. The molecule has 1 unspecified atom stereocenters. The van der Waals surface area contributed by atoms with Gasteiger partial charge in [0.1, 0.15) is 11.9 Å². The summed E-state index contributed by atoms with van der Waals surface area (Å²) in [6.45, 7) is 2.87. The molecule has 0 aromatic heterocycles. The number of thiocarbonyl (C=S) groups is 1. The summed E-state index contributed by atoms with van der Waals surface area (Å²) in [5.41, 5.74) is 1.17. The molecule has 3 N–H and O–H groups in total. The highest BCUT2D eigenvalue weighted by molar-refractivity contribution is 14.1. The summed E-state index contributed by atoms with van der Waals surface area (Å²) in [5, 5.41) is 8.71. The average molecular weight is 629 g/mol. The van der Waals surface area contributed by atoms with Crippen molar-refractivity contribution in [1.82, 2.24) is 10.6 Å². The van der Waals surface area contributed by atoms with E-state index in [9.17, 15) is 4.79 Å². The van der Waals surface area contributed by atoms with Crippen molar-refractivity contribution < 1.29 is 9.53 Å². The molecule has 1 amide bonds. The molecule has 0 saturated heterocycles. The number of carbonyl (C=O) groups is 1. The minimum Gasteiger partial charge on any atom is -0.494 e. The predicted molar refractivity (Wildman–Crippen MR) is 146 cm³/mol. The summed E-state index contributed by atoms with van der Waals surface area (Å²) in [5.74, 6) is 0.392. The third kappa shape index (κ3) is 9.87. The van der Waals surface area contributed by atoms with E-state index in [0.717, 1.165) is 21.4 Å². The summed E-state index contributed by atoms with van der Waals surface area (Å²) in [6, 6.07) is 14.4. The lowest BCUT2D eigenvalue weighted by Gasteiger charge is -2.27. The van der Waals surface area contributed by atoms with Crippen LogP contribution in [-0.4, -0.2) is 27.6 Å². The van der Waals surface area contributed by atoms with E-state index in [4.69, 9.17) is 51.8 Å². The SMILES string of the molecule is CCCCCCOc1ccc(NC(=S)NC(NC(=O)c2ccc(I)cc2)C(Cl)(Cl)Cl)cc1. The molecule has 0 heterocycles. The molecule has 2 rings (SSSR count). The van der Waals surface area contributed by atoms with Crippen molar-refractivity contribution in [3.8, 4) is 5.75 Å². The molecule has 0 spiro atoms. The highest BCUT2D eigenvalue weighted by Gasteiger charge is 2.34. The fraction of sp³-hybridized carbons (Fsp3) is 0.364. The second-order valence-corrected chi connectivity index (χ2v) is 11.0. The predicted octanol–water partition coefficient (Wildman–Crippen LogP) is 6.66. The van der Waals surface area contributed by atoms with Gasteiger partial charge in [-0.15, -0.1) is 0 Å². The van der Waals surface area contributed by atoms with Crippen molar-refractivity contribution in [2.75, 3.05) is 11.9 Å². The molecule has 32 heavy (non-hydrogen) atoms. The van der Waals surface area contributed by atoms with E-state index in [2.05, 4.69) is 45.5 Å². The lowest BCUT2D eigenvalue weighted by atomic mass is 10.2. The molecule has 174 valence electrons. The molecule has 0 bridgehead atoms. The van der Waals surface area contributed by atoms with Gasteiger partial charge in [-0.25, -0.2) is 0 Å². The Hall–Kier alpha value is -1.000. The summed E-state index contributed by atoms with van der Waals surface area (Å²) in [7, 11) is 0. The Morgan fingerprint density at radius 1 is 1.03 bits per heavy atom. The number of amides is 1. The van der Waals surface area contributed by atoms with Gasteiger partial charge < -0.3 is 20.7 Å². The molecule has 2 aromatic carbocycles. The number of alkyl halides is 3. The van der Waals surface area contributed by atoms with Gasteiger partial charge in [0.2, 0.25) is 3.79 Å². The van der Waals surface area contributed by atoms with Crippen LogP contribution in [0.3, 0.4) is 0 Å². The number of hydrogen-bond acceptors (Lipinski definition) is 3. The normalized spacial score (nSPS) is 12.0. The second kappa shape index (κ2) is 13.6. The molecular weight excluding hydrogens is 604 g/mol. The van der Waals surface area contributed by atoms with Crippen LogP contribution in [0.4, 0.5) is 5.69 Å². The van der Waals surface area contributed by atoms with E-state index in [-0.39, 0.29) is 5.11 Å². The quantitative estimate of drug-likeness (QED) is 0.0903. The highest BCUT2D eigenvalue weighted by Crippen LogP contribution is 2.29. The standard InChI is InChI=1S/C22H25Cl3IN3O2S/c1-2-3-4-5-14-31-18-12-10-17(11-13-18)27-21(32)29-20(22(23,24)25)28-19(30)15-6-8-16(26)9-7-15/h6-13,20H,2-5,14H2,1H3,(H,28,30)(H2,27,29,32). The summed E-state index contributed by atoms with van der Waals surface area (Å²) >= 11 is 25.6. The Kier molecular flexibility index (Phi) is 11.6. The van der Waals surface area contributed by atoms with Crippen LogP contribution in [0.25, 0.3) is 0 Å². The Bertz CT molecular complexity index is 877. The average Bonchev–Trinajstić information content (AvgIpc) is 2.74. The van der Waals surface area contributed by atoms with E-state index < -0.39 is 15.9 Å². The molecule has 0 fully saturated rings. The molecule has 0 saturated carbocycles. The van der Waals surface area contributed by atoms with Crippen molar-refractivity contribution >= 4 is 86.3 Å². The van der Waals surface area contributed by atoms with E-state index in [0.29, 0.717) is 12.2 Å². The van der Waals surface area contributed by atoms with Crippen molar-refractivity contribution in [2.24, 2.45) is 0 Å². The Balaban J connectivity index is 1.90. The van der Waals surface area contributed by atoms with Gasteiger partial charge >= 0.3 is 0 Å². The second-order valence-electron chi connectivity index (χ2n) is 6.99. The number of nitrogens with one attached hydrogen (secondary N) is 3. The number of rotatable bonds is 10. The first-order chi connectivity index (χ1) is 15.2. The van der Waals surface area contributed by atoms with Crippen LogP contribution in [0.15, 0.2) is 48.5 Å². The summed E-state index contributed by atoms with van der Waals surface area (Å²) < 4.78 is 4.91. The van der Waals surface area contributed by atoms with E-state index in [1.165, 1.54) is 19.3 Å². The van der Waals surface area contributed by atoms with Crippen LogP contribution < -0.4 is 20.7 Å². The Morgan fingerprint density at radius 3 is 2.28 bits per heavy atom. The van der Waals surface area contributed by atoms with E-state index in [1.807, 2.05) is 36.4 Å². The molecule has 0 aliphatic rings. The Labute approximate surface area is 223 Å². The maximum Gasteiger partial charge on any atom is 0.252 e. The first kappa shape index (κ1) is 27.2. The zero-order chi connectivity index (χ0) is 23.6. The molecule has 0 aliphatic heterocycles. The van der Waals surface area contributed by atoms with Crippen LogP contribution >= 0.6 is 69.6 Å². The van der Waals surface area contributed by atoms with E-state index >= 15 is 0 Å². The van der Waals surface area contributed by atoms with Crippen molar-refractivity contribution in [1.29, 1.82) is 0 Å². The topological polar surface area (TPSA) is 62.4 Å².